The Balaban J connectivity index is 1.53. The molecule has 0 fully saturated rings. The highest BCUT2D eigenvalue weighted by molar-refractivity contribution is 8.00. The largest absolute Gasteiger partial charge is 0.496 e. The van der Waals surface area contributed by atoms with Crippen LogP contribution in [0.2, 0.25) is 0 Å². The molecule has 0 radical (unpaired) electrons. The zero-order valence-electron chi connectivity index (χ0n) is 19.2. The lowest BCUT2D eigenvalue weighted by Gasteiger charge is -2.14. The second kappa shape index (κ2) is 9.67. The first-order chi connectivity index (χ1) is 17.1. The van der Waals surface area contributed by atoms with Gasteiger partial charge in [0.25, 0.3) is 5.56 Å². The summed E-state index contributed by atoms with van der Waals surface area (Å²) in [6, 6.07) is 18.4. The van der Waals surface area contributed by atoms with E-state index < -0.39 is 5.25 Å². The number of ether oxygens (including phenoxy) is 1. The number of carbonyl (C=O) groups excluding carboxylic acids is 1. The molecular formula is C25H23N5O4S. The third-order valence-corrected chi connectivity index (χ3v) is 6.71. The molecule has 0 saturated heterocycles. The Bertz CT molecular complexity index is 1560. The van der Waals surface area contributed by atoms with Crippen molar-refractivity contribution in [1.29, 1.82) is 0 Å². The van der Waals surface area contributed by atoms with Crippen LogP contribution < -0.4 is 15.6 Å². The summed E-state index contributed by atoms with van der Waals surface area (Å²) >= 11 is 1.28. The van der Waals surface area contributed by atoms with Gasteiger partial charge in [0, 0.05) is 5.56 Å². The summed E-state index contributed by atoms with van der Waals surface area (Å²) < 4.78 is 14.2. The van der Waals surface area contributed by atoms with E-state index in [4.69, 9.17) is 9.15 Å². The summed E-state index contributed by atoms with van der Waals surface area (Å²) in [6.07, 6.45) is 1.57. The molecule has 1 amide bonds. The molecule has 178 valence electrons. The monoisotopic (exact) mass is 489 g/mol. The Labute approximate surface area is 204 Å². The maximum atomic E-state index is 13.4. The molecule has 5 aromatic rings. The van der Waals surface area contributed by atoms with Crippen molar-refractivity contribution in [2.24, 2.45) is 0 Å². The van der Waals surface area contributed by atoms with E-state index in [1.54, 1.807) is 43.1 Å². The molecule has 1 unspecified atom stereocenters. The maximum Gasteiger partial charge on any atom is 0.263 e. The first-order valence-corrected chi connectivity index (χ1v) is 11.9. The number of nitrogens with one attached hydrogen (secondary N) is 1. The molecular weight excluding hydrogens is 466 g/mol. The fraction of sp³-hybridized carbons (Fsp3) is 0.200. The molecule has 5 rings (SSSR count). The van der Waals surface area contributed by atoms with Gasteiger partial charge >= 0.3 is 0 Å². The average Bonchev–Trinajstić information content (AvgIpc) is 3.55. The van der Waals surface area contributed by atoms with Gasteiger partial charge < -0.3 is 14.5 Å². The second-order valence-electron chi connectivity index (χ2n) is 7.90. The van der Waals surface area contributed by atoms with Crippen molar-refractivity contribution in [3.05, 3.63) is 88.6 Å². The van der Waals surface area contributed by atoms with Crippen LogP contribution >= 0.6 is 11.8 Å². The van der Waals surface area contributed by atoms with E-state index in [9.17, 15) is 9.59 Å². The number of aromatic nitrogens is 4. The Morgan fingerprint density at radius 1 is 1.11 bits per heavy atom. The smallest absolute Gasteiger partial charge is 0.263 e. The standard InChI is InChI=1S/C25H23N5O4S/c1-16(22(31)26-14-18-9-7-13-34-18)35-25-28-27-24-29(15-17-8-3-6-12-21(17)33-2)23(32)19-10-4-5-11-20(19)30(24)25/h3-13,16H,14-15H2,1-2H3,(H,26,31). The summed E-state index contributed by atoms with van der Waals surface area (Å²) in [5, 5.41) is 12.2. The number of hydrogen-bond acceptors (Lipinski definition) is 7. The predicted molar refractivity (Wildman–Crippen MR) is 133 cm³/mol. The van der Waals surface area contributed by atoms with Crippen molar-refractivity contribution in [3.8, 4) is 5.75 Å². The number of rotatable bonds is 8. The van der Waals surface area contributed by atoms with Gasteiger partial charge in [0.1, 0.15) is 11.5 Å². The SMILES string of the molecule is COc1ccccc1Cn1c(=O)c2ccccc2n2c(SC(C)C(=O)NCc3ccco3)nnc12. The molecule has 0 spiro atoms. The van der Waals surface area contributed by atoms with Gasteiger partial charge in [-0.25, -0.2) is 0 Å². The van der Waals surface area contributed by atoms with Crippen molar-refractivity contribution < 1.29 is 13.9 Å². The minimum atomic E-state index is -0.453. The van der Waals surface area contributed by atoms with E-state index >= 15 is 0 Å². The molecule has 3 heterocycles. The van der Waals surface area contributed by atoms with Crippen molar-refractivity contribution in [2.75, 3.05) is 7.11 Å². The number of methoxy groups -OCH3 is 1. The first-order valence-electron chi connectivity index (χ1n) is 11.0. The van der Waals surface area contributed by atoms with Gasteiger partial charge in [0.05, 0.1) is 42.6 Å². The highest BCUT2D eigenvalue weighted by Crippen LogP contribution is 2.26. The molecule has 9 nitrogen and oxygen atoms in total. The number of carbonyl (C=O) groups is 1. The third kappa shape index (κ3) is 4.40. The van der Waals surface area contributed by atoms with Gasteiger partial charge in [0.2, 0.25) is 11.7 Å². The molecule has 1 atom stereocenters. The van der Waals surface area contributed by atoms with Crippen molar-refractivity contribution >= 4 is 34.3 Å². The van der Waals surface area contributed by atoms with Gasteiger partial charge in [-0.15, -0.1) is 10.2 Å². The summed E-state index contributed by atoms with van der Waals surface area (Å²) in [7, 11) is 1.60. The number of nitrogens with zero attached hydrogens (tertiary/aromatic N) is 4. The normalized spacial score (nSPS) is 12.2. The van der Waals surface area contributed by atoms with Crippen LogP contribution in [-0.4, -0.2) is 37.4 Å². The predicted octanol–water partition coefficient (Wildman–Crippen LogP) is 3.49. The van der Waals surface area contributed by atoms with Crippen LogP contribution in [0.15, 0.2) is 81.3 Å². The quantitative estimate of drug-likeness (QED) is 0.333. The maximum absolute atomic E-state index is 13.4. The number of furan rings is 1. The number of hydrogen-bond donors (Lipinski definition) is 1. The Morgan fingerprint density at radius 3 is 2.71 bits per heavy atom. The van der Waals surface area contributed by atoms with E-state index in [1.807, 2.05) is 46.9 Å². The van der Waals surface area contributed by atoms with Crippen LogP contribution in [0.3, 0.4) is 0 Å². The van der Waals surface area contributed by atoms with E-state index in [0.717, 1.165) is 5.56 Å². The van der Waals surface area contributed by atoms with Crippen LogP contribution in [-0.2, 0) is 17.9 Å². The number of fused-ring (bicyclic) bond motifs is 3. The van der Waals surface area contributed by atoms with Gasteiger partial charge in [-0.05, 0) is 37.3 Å². The topological polar surface area (TPSA) is 104 Å². The van der Waals surface area contributed by atoms with Gasteiger partial charge in [0.15, 0.2) is 5.16 Å². The highest BCUT2D eigenvalue weighted by Gasteiger charge is 2.22. The summed E-state index contributed by atoms with van der Waals surface area (Å²) in [5.41, 5.74) is 1.35. The lowest BCUT2D eigenvalue weighted by Crippen LogP contribution is -2.30. The summed E-state index contributed by atoms with van der Waals surface area (Å²) in [4.78, 5) is 26.1. The van der Waals surface area contributed by atoms with E-state index in [0.29, 0.717) is 39.9 Å². The van der Waals surface area contributed by atoms with Crippen LogP contribution in [0.1, 0.15) is 18.2 Å². The van der Waals surface area contributed by atoms with E-state index in [1.165, 1.54) is 11.8 Å². The zero-order chi connectivity index (χ0) is 24.4. The molecule has 10 heteroatoms. The third-order valence-electron chi connectivity index (χ3n) is 5.67. The van der Waals surface area contributed by atoms with Gasteiger partial charge in [-0.3, -0.25) is 18.6 Å². The molecule has 0 aliphatic rings. The molecule has 2 aromatic carbocycles. The van der Waals surface area contributed by atoms with E-state index in [2.05, 4.69) is 15.5 Å². The number of amides is 1. The number of thioether (sulfide) groups is 1. The molecule has 0 aliphatic carbocycles. The lowest BCUT2D eigenvalue weighted by atomic mass is 10.2. The Hall–Kier alpha value is -4.05. The molecule has 35 heavy (non-hydrogen) atoms. The number of para-hydroxylation sites is 2. The van der Waals surface area contributed by atoms with Gasteiger partial charge in [-0.1, -0.05) is 42.1 Å². The molecule has 0 aliphatic heterocycles. The molecule has 3 aromatic heterocycles. The van der Waals surface area contributed by atoms with Crippen LogP contribution in [0.4, 0.5) is 0 Å². The van der Waals surface area contributed by atoms with Crippen molar-refractivity contribution in [2.45, 2.75) is 30.4 Å². The minimum absolute atomic E-state index is 0.158. The molecule has 0 bridgehead atoms. The van der Waals surface area contributed by atoms with Crippen LogP contribution in [0.5, 0.6) is 5.75 Å². The zero-order valence-corrected chi connectivity index (χ0v) is 20.0. The first kappa shape index (κ1) is 22.7. The number of benzene rings is 2. The second-order valence-corrected chi connectivity index (χ2v) is 9.20. The highest BCUT2D eigenvalue weighted by atomic mass is 32.2. The lowest BCUT2D eigenvalue weighted by molar-refractivity contribution is -0.120. The average molecular weight is 490 g/mol. The Kier molecular flexibility index (Phi) is 6.28. The van der Waals surface area contributed by atoms with Gasteiger partial charge in [-0.2, -0.15) is 0 Å². The van der Waals surface area contributed by atoms with Crippen LogP contribution in [0, 0.1) is 0 Å². The van der Waals surface area contributed by atoms with Crippen molar-refractivity contribution in [3.63, 3.8) is 0 Å². The van der Waals surface area contributed by atoms with Crippen LogP contribution in [0.25, 0.3) is 16.7 Å². The van der Waals surface area contributed by atoms with Crippen molar-refractivity contribution in [1.82, 2.24) is 24.5 Å². The summed E-state index contributed by atoms with van der Waals surface area (Å²) in [6.45, 7) is 2.37. The Morgan fingerprint density at radius 2 is 1.91 bits per heavy atom. The fourth-order valence-electron chi connectivity index (χ4n) is 3.90. The molecule has 0 saturated carbocycles. The fourth-order valence-corrected chi connectivity index (χ4v) is 4.78. The summed E-state index contributed by atoms with van der Waals surface area (Å²) in [5.74, 6) is 1.59. The minimum Gasteiger partial charge on any atom is -0.496 e. The van der Waals surface area contributed by atoms with E-state index in [-0.39, 0.29) is 18.0 Å². The molecule has 1 N–H and O–H groups in total.